The third-order valence-electron chi connectivity index (χ3n) is 4.54. The average molecular weight is 373 g/mol. The van der Waals surface area contributed by atoms with E-state index in [4.69, 9.17) is 10.5 Å². The van der Waals surface area contributed by atoms with Gasteiger partial charge in [-0.3, -0.25) is 4.98 Å². The van der Waals surface area contributed by atoms with Crippen LogP contribution in [-0.2, 0) is 4.74 Å². The minimum Gasteiger partial charge on any atom is -0.444 e. The fourth-order valence-corrected chi connectivity index (χ4v) is 3.57. The summed E-state index contributed by atoms with van der Waals surface area (Å²) in [6, 6.07) is 1.62. The van der Waals surface area contributed by atoms with Crippen molar-refractivity contribution in [2.45, 2.75) is 45.4 Å². The van der Waals surface area contributed by atoms with Gasteiger partial charge in [0.15, 0.2) is 0 Å². The van der Waals surface area contributed by atoms with Crippen molar-refractivity contribution < 1.29 is 9.53 Å². The van der Waals surface area contributed by atoms with Gasteiger partial charge in [0, 0.05) is 25.5 Å². The summed E-state index contributed by atoms with van der Waals surface area (Å²) in [7, 11) is 0. The molecule has 9 heteroatoms. The number of pyridine rings is 1. The van der Waals surface area contributed by atoms with Gasteiger partial charge in [-0.2, -0.15) is 0 Å². The molecule has 9 nitrogen and oxygen atoms in total. The summed E-state index contributed by atoms with van der Waals surface area (Å²) in [5.74, 6) is 0.188. The number of carbonyl (C=O) groups excluding carboxylic acids is 1. The van der Waals surface area contributed by atoms with Crippen LogP contribution >= 0.6 is 0 Å². The van der Waals surface area contributed by atoms with Crippen molar-refractivity contribution in [1.29, 1.82) is 0 Å². The Labute approximate surface area is 158 Å². The fraction of sp³-hybridized carbons (Fsp3) is 0.556. The molecule has 3 N–H and O–H groups in total. The highest BCUT2D eigenvalue weighted by molar-refractivity contribution is 5.69. The zero-order valence-corrected chi connectivity index (χ0v) is 16.2. The number of aromatic nitrogens is 4. The Morgan fingerprint density at radius 1 is 1.33 bits per heavy atom. The van der Waals surface area contributed by atoms with Crippen LogP contribution in [0.15, 0.2) is 30.9 Å². The molecule has 3 rings (SSSR count). The van der Waals surface area contributed by atoms with E-state index in [0.29, 0.717) is 12.2 Å². The fourth-order valence-electron chi connectivity index (χ4n) is 3.57. The third kappa shape index (κ3) is 4.47. The lowest BCUT2D eigenvalue weighted by Crippen LogP contribution is -2.57. The number of nitrogens with zero attached hydrogens (tertiary/aromatic N) is 5. The molecule has 2 aromatic rings. The van der Waals surface area contributed by atoms with E-state index in [1.165, 1.54) is 0 Å². The van der Waals surface area contributed by atoms with Crippen LogP contribution in [0.25, 0.3) is 0 Å². The highest BCUT2D eigenvalue weighted by Gasteiger charge is 2.38. The first kappa shape index (κ1) is 18.9. The Bertz CT molecular complexity index is 772. The van der Waals surface area contributed by atoms with Gasteiger partial charge in [0.25, 0.3) is 0 Å². The summed E-state index contributed by atoms with van der Waals surface area (Å²) in [6.07, 6.45) is 6.37. The Morgan fingerprint density at radius 2 is 2.11 bits per heavy atom. The van der Waals surface area contributed by atoms with E-state index in [2.05, 4.69) is 32.4 Å². The molecule has 0 saturated carbocycles. The number of carbonyl (C=O) groups is 1. The van der Waals surface area contributed by atoms with E-state index in [0.717, 1.165) is 12.2 Å². The molecule has 0 aliphatic carbocycles. The molecule has 2 aromatic heterocycles. The summed E-state index contributed by atoms with van der Waals surface area (Å²) in [5, 5.41) is 11.1. The second-order valence-electron chi connectivity index (χ2n) is 7.94. The number of nitrogens with two attached hydrogens (primary N) is 1. The van der Waals surface area contributed by atoms with Crippen molar-refractivity contribution >= 4 is 17.5 Å². The summed E-state index contributed by atoms with van der Waals surface area (Å²) in [4.78, 5) is 18.6. The highest BCUT2D eigenvalue weighted by atomic mass is 16.6. The summed E-state index contributed by atoms with van der Waals surface area (Å²) in [6.45, 7) is 8.99. The predicted octanol–water partition coefficient (Wildman–Crippen LogP) is 1.85. The molecule has 3 heterocycles. The number of rotatable bonds is 3. The standard InChI is InChI=1S/C18H27N7O2/c1-12-10-24(15-5-6-20-9-13(15)19)11-14(16(12)25-8-7-21-23-25)22-17(26)27-18(2,3)4/h5-9,12,14,16H,10-11,19H2,1-4H3,(H,22,26)/t12-,14+,16?/m0/s1. The number of nitrogens with one attached hydrogen (secondary N) is 1. The zero-order valence-electron chi connectivity index (χ0n) is 16.2. The Morgan fingerprint density at radius 3 is 2.74 bits per heavy atom. The van der Waals surface area contributed by atoms with Crippen molar-refractivity contribution in [2.75, 3.05) is 23.7 Å². The van der Waals surface area contributed by atoms with Crippen LogP contribution in [0.3, 0.4) is 0 Å². The molecule has 1 saturated heterocycles. The molecule has 3 atom stereocenters. The summed E-state index contributed by atoms with van der Waals surface area (Å²) < 4.78 is 7.26. The number of hydrogen-bond acceptors (Lipinski definition) is 7. The maximum atomic E-state index is 12.4. The van der Waals surface area contributed by atoms with Gasteiger partial charge < -0.3 is 20.7 Å². The van der Waals surface area contributed by atoms with Gasteiger partial charge in [0.1, 0.15) is 5.60 Å². The molecule has 1 aliphatic rings. The number of anilines is 2. The quantitative estimate of drug-likeness (QED) is 0.844. The number of nitrogen functional groups attached to an aromatic ring is 1. The van der Waals surface area contributed by atoms with E-state index in [-0.39, 0.29) is 18.0 Å². The normalized spacial score (nSPS) is 23.1. The van der Waals surface area contributed by atoms with E-state index < -0.39 is 11.7 Å². The van der Waals surface area contributed by atoms with Gasteiger partial charge >= 0.3 is 6.09 Å². The zero-order chi connectivity index (χ0) is 19.6. The topological polar surface area (TPSA) is 111 Å². The van der Waals surface area contributed by atoms with Crippen LogP contribution < -0.4 is 16.0 Å². The van der Waals surface area contributed by atoms with Crippen LogP contribution in [0.4, 0.5) is 16.2 Å². The predicted molar refractivity (Wildman–Crippen MR) is 102 cm³/mol. The second-order valence-corrected chi connectivity index (χ2v) is 7.94. The van der Waals surface area contributed by atoms with Crippen molar-refractivity contribution in [3.63, 3.8) is 0 Å². The van der Waals surface area contributed by atoms with E-state index >= 15 is 0 Å². The van der Waals surface area contributed by atoms with Crippen molar-refractivity contribution in [3.05, 3.63) is 30.9 Å². The van der Waals surface area contributed by atoms with Crippen LogP contribution in [0.5, 0.6) is 0 Å². The van der Waals surface area contributed by atoms with Crippen LogP contribution in [0.1, 0.15) is 33.7 Å². The van der Waals surface area contributed by atoms with Crippen molar-refractivity contribution in [1.82, 2.24) is 25.3 Å². The Kier molecular flexibility index (Phi) is 5.20. The van der Waals surface area contributed by atoms with Crippen LogP contribution in [0, 0.1) is 5.92 Å². The summed E-state index contributed by atoms with van der Waals surface area (Å²) >= 11 is 0. The first-order valence-electron chi connectivity index (χ1n) is 9.04. The molecule has 146 valence electrons. The minimum atomic E-state index is -0.567. The van der Waals surface area contributed by atoms with E-state index in [1.54, 1.807) is 23.3 Å². The van der Waals surface area contributed by atoms with Gasteiger partial charge in [-0.15, -0.1) is 5.10 Å². The number of piperidine rings is 1. The maximum absolute atomic E-state index is 12.4. The van der Waals surface area contributed by atoms with Crippen LogP contribution in [0.2, 0.25) is 0 Å². The Balaban J connectivity index is 1.85. The van der Waals surface area contributed by atoms with Gasteiger partial charge in [-0.05, 0) is 32.8 Å². The Hall–Kier alpha value is -2.84. The van der Waals surface area contributed by atoms with Crippen molar-refractivity contribution in [3.8, 4) is 0 Å². The monoisotopic (exact) mass is 373 g/mol. The molecule has 0 bridgehead atoms. The first-order chi connectivity index (χ1) is 12.7. The molecule has 1 fully saturated rings. The van der Waals surface area contributed by atoms with Gasteiger partial charge in [0.2, 0.25) is 0 Å². The highest BCUT2D eigenvalue weighted by Crippen LogP contribution is 2.33. The van der Waals surface area contributed by atoms with Crippen LogP contribution in [-0.4, -0.2) is 50.8 Å². The largest absolute Gasteiger partial charge is 0.444 e. The molecular weight excluding hydrogens is 346 g/mol. The number of amides is 1. The lowest BCUT2D eigenvalue weighted by atomic mass is 9.89. The van der Waals surface area contributed by atoms with E-state index in [9.17, 15) is 4.79 Å². The van der Waals surface area contributed by atoms with E-state index in [1.807, 2.05) is 33.0 Å². The lowest BCUT2D eigenvalue weighted by Gasteiger charge is -2.43. The van der Waals surface area contributed by atoms with Crippen molar-refractivity contribution in [2.24, 2.45) is 5.92 Å². The molecule has 1 amide bonds. The molecular formula is C18H27N7O2. The number of alkyl carbamates (subject to hydrolysis) is 1. The average Bonchev–Trinajstić information content (AvgIpc) is 3.07. The lowest BCUT2D eigenvalue weighted by molar-refractivity contribution is 0.0465. The van der Waals surface area contributed by atoms with Gasteiger partial charge in [-0.25, -0.2) is 9.48 Å². The third-order valence-corrected chi connectivity index (χ3v) is 4.54. The number of hydrogen-bond donors (Lipinski definition) is 2. The molecule has 0 radical (unpaired) electrons. The van der Waals surface area contributed by atoms with Gasteiger partial charge in [0.05, 0.1) is 35.9 Å². The van der Waals surface area contributed by atoms with Gasteiger partial charge in [-0.1, -0.05) is 12.1 Å². The first-order valence-corrected chi connectivity index (χ1v) is 9.04. The minimum absolute atomic E-state index is 0.0423. The molecule has 0 spiro atoms. The SMILES string of the molecule is C[C@H]1CN(c2ccncc2N)C[C@@H](NC(=O)OC(C)(C)C)C1n1ccnn1. The maximum Gasteiger partial charge on any atom is 0.408 e. The second kappa shape index (κ2) is 7.42. The smallest absolute Gasteiger partial charge is 0.408 e. The molecule has 27 heavy (non-hydrogen) atoms. The number of ether oxygens (including phenoxy) is 1. The molecule has 0 aromatic carbocycles. The molecule has 1 unspecified atom stereocenters. The molecule has 1 aliphatic heterocycles. The summed E-state index contributed by atoms with van der Waals surface area (Å²) in [5.41, 5.74) is 7.06.